The third-order valence-corrected chi connectivity index (χ3v) is 2.94. The van der Waals surface area contributed by atoms with Crippen LogP contribution in [-0.4, -0.2) is 37.7 Å². The van der Waals surface area contributed by atoms with Crippen LogP contribution in [0.4, 0.5) is 0 Å². The monoisotopic (exact) mass is 328 g/mol. The topological polar surface area (TPSA) is 71.1 Å². The van der Waals surface area contributed by atoms with Gasteiger partial charge in [0.2, 0.25) is 12.6 Å². The van der Waals surface area contributed by atoms with Crippen molar-refractivity contribution in [2.75, 3.05) is 13.2 Å². The minimum absolute atomic E-state index is 0.383. The summed E-state index contributed by atoms with van der Waals surface area (Å²) < 4.78 is 21.8. The fraction of sp³-hybridized carbons (Fsp3) is 0.647. The summed E-state index contributed by atoms with van der Waals surface area (Å²) in [6.45, 7) is 14.8. The lowest BCUT2D eigenvalue weighted by atomic mass is 9.91. The van der Waals surface area contributed by atoms with Crippen molar-refractivity contribution in [2.45, 2.75) is 53.1 Å². The molecule has 0 saturated heterocycles. The molecule has 0 amide bonds. The van der Waals surface area contributed by atoms with E-state index in [-0.39, 0.29) is 0 Å². The lowest BCUT2D eigenvalue weighted by molar-refractivity contribution is -0.268. The second kappa shape index (κ2) is 11.0. The van der Waals surface area contributed by atoms with Gasteiger partial charge in [0.25, 0.3) is 0 Å². The maximum atomic E-state index is 11.6. The molecule has 0 N–H and O–H groups in total. The van der Waals surface area contributed by atoms with Crippen molar-refractivity contribution in [1.29, 1.82) is 0 Å². The third kappa shape index (κ3) is 7.43. The van der Waals surface area contributed by atoms with Gasteiger partial charge in [0.05, 0.1) is 18.6 Å². The summed E-state index contributed by atoms with van der Waals surface area (Å²) in [5.74, 6) is -1.24. The van der Waals surface area contributed by atoms with Crippen LogP contribution in [0.15, 0.2) is 25.3 Å². The molecule has 0 aromatic carbocycles. The Labute approximate surface area is 138 Å². The highest BCUT2D eigenvalue weighted by molar-refractivity contribution is 5.81. The molecule has 0 radical (unpaired) electrons. The lowest BCUT2D eigenvalue weighted by Gasteiger charge is -2.38. The maximum Gasteiger partial charge on any atom is 0.332 e. The Balaban J connectivity index is 5.31. The molecule has 6 nitrogen and oxygen atoms in total. The molecule has 0 saturated carbocycles. The Kier molecular flexibility index (Phi) is 10.2. The minimum atomic E-state index is -0.951. The second-order valence-corrected chi connectivity index (χ2v) is 5.51. The summed E-state index contributed by atoms with van der Waals surface area (Å²) >= 11 is 0. The number of ether oxygens (including phenoxy) is 4. The van der Waals surface area contributed by atoms with E-state index in [4.69, 9.17) is 18.9 Å². The van der Waals surface area contributed by atoms with Gasteiger partial charge in [0.15, 0.2) is 0 Å². The van der Waals surface area contributed by atoms with Gasteiger partial charge >= 0.3 is 11.9 Å². The molecule has 0 bridgehead atoms. The number of rotatable bonds is 12. The summed E-state index contributed by atoms with van der Waals surface area (Å²) in [7, 11) is 0. The van der Waals surface area contributed by atoms with Gasteiger partial charge < -0.3 is 18.9 Å². The number of carbonyl (C=O) groups excluding carboxylic acids is 2. The first-order chi connectivity index (χ1) is 10.8. The molecule has 2 atom stereocenters. The SMILES string of the molecule is C=CC(=O)OC(OCCC)C(C)(C)C(OCCC)OC(=O)C=C. The van der Waals surface area contributed by atoms with Gasteiger partial charge in [-0.1, -0.05) is 27.0 Å². The van der Waals surface area contributed by atoms with Gasteiger partial charge in [0.1, 0.15) is 0 Å². The molecule has 2 unspecified atom stereocenters. The van der Waals surface area contributed by atoms with Crippen LogP contribution in [0.1, 0.15) is 40.5 Å². The highest BCUT2D eigenvalue weighted by atomic mass is 16.7. The van der Waals surface area contributed by atoms with Crippen molar-refractivity contribution in [3.05, 3.63) is 25.3 Å². The van der Waals surface area contributed by atoms with Crippen molar-refractivity contribution in [1.82, 2.24) is 0 Å². The molecule has 0 rings (SSSR count). The van der Waals surface area contributed by atoms with E-state index in [1.807, 2.05) is 13.8 Å². The number of hydrogen-bond acceptors (Lipinski definition) is 6. The van der Waals surface area contributed by atoms with Crippen LogP contribution >= 0.6 is 0 Å². The van der Waals surface area contributed by atoms with Crippen molar-refractivity contribution in [3.8, 4) is 0 Å². The van der Waals surface area contributed by atoms with Crippen LogP contribution in [0.3, 0.4) is 0 Å². The molecule has 0 aromatic rings. The van der Waals surface area contributed by atoms with E-state index in [1.165, 1.54) is 0 Å². The van der Waals surface area contributed by atoms with E-state index in [0.29, 0.717) is 13.2 Å². The molecule has 23 heavy (non-hydrogen) atoms. The van der Waals surface area contributed by atoms with Crippen molar-refractivity contribution < 1.29 is 28.5 Å². The molecule has 6 heteroatoms. The van der Waals surface area contributed by atoms with Gasteiger partial charge in [-0.25, -0.2) is 9.59 Å². The van der Waals surface area contributed by atoms with Gasteiger partial charge in [-0.2, -0.15) is 0 Å². The summed E-state index contributed by atoms with van der Waals surface area (Å²) in [5.41, 5.74) is -0.929. The van der Waals surface area contributed by atoms with Crippen molar-refractivity contribution >= 4 is 11.9 Å². The van der Waals surface area contributed by atoms with E-state index in [1.54, 1.807) is 13.8 Å². The molecule has 0 fully saturated rings. The Bertz CT molecular complexity index is 366. The minimum Gasteiger partial charge on any atom is -0.432 e. The fourth-order valence-corrected chi connectivity index (χ4v) is 1.67. The smallest absolute Gasteiger partial charge is 0.332 e. The Hall–Kier alpha value is -1.66. The molecule has 0 aliphatic rings. The van der Waals surface area contributed by atoms with Crippen LogP contribution in [0.25, 0.3) is 0 Å². The first-order valence-corrected chi connectivity index (χ1v) is 7.72. The highest BCUT2D eigenvalue weighted by Crippen LogP contribution is 2.32. The van der Waals surface area contributed by atoms with Crippen molar-refractivity contribution in [3.63, 3.8) is 0 Å². The van der Waals surface area contributed by atoms with Gasteiger partial charge in [-0.15, -0.1) is 0 Å². The number of hydrogen-bond donors (Lipinski definition) is 0. The molecule has 132 valence electrons. The zero-order valence-electron chi connectivity index (χ0n) is 14.5. The number of esters is 2. The summed E-state index contributed by atoms with van der Waals surface area (Å²) in [6.07, 6.45) is 1.68. The normalized spacial score (nSPS) is 13.7. The van der Waals surface area contributed by atoms with Crippen molar-refractivity contribution in [2.24, 2.45) is 5.41 Å². The summed E-state index contributed by atoms with van der Waals surface area (Å²) in [4.78, 5) is 23.1. The molecular formula is C17H28O6. The largest absolute Gasteiger partial charge is 0.432 e. The average Bonchev–Trinajstić information content (AvgIpc) is 2.54. The first kappa shape index (κ1) is 21.3. The first-order valence-electron chi connectivity index (χ1n) is 7.72. The standard InChI is InChI=1S/C17H28O6/c1-7-11-20-15(22-13(18)9-3)17(5,6)16(21-12-8-2)23-14(19)10-4/h9-10,15-16H,3-4,7-8,11-12H2,1-2,5-6H3. The molecule has 0 spiro atoms. The van der Waals surface area contributed by atoms with Crippen LogP contribution in [-0.2, 0) is 28.5 Å². The second-order valence-electron chi connectivity index (χ2n) is 5.51. The quantitative estimate of drug-likeness (QED) is 0.312. The predicted octanol–water partition coefficient (Wildman–Crippen LogP) is 2.98. The lowest BCUT2D eigenvalue weighted by Crippen LogP contribution is -2.47. The highest BCUT2D eigenvalue weighted by Gasteiger charge is 2.44. The van der Waals surface area contributed by atoms with E-state index in [0.717, 1.165) is 25.0 Å². The van der Waals surface area contributed by atoms with Gasteiger partial charge in [0, 0.05) is 12.2 Å². The summed E-state index contributed by atoms with van der Waals surface area (Å²) in [6, 6.07) is 0. The van der Waals surface area contributed by atoms with E-state index in [2.05, 4.69) is 13.2 Å². The molecule has 0 aromatic heterocycles. The van der Waals surface area contributed by atoms with E-state index >= 15 is 0 Å². The van der Waals surface area contributed by atoms with Gasteiger partial charge in [-0.3, -0.25) is 0 Å². The molecule has 0 aliphatic carbocycles. The fourth-order valence-electron chi connectivity index (χ4n) is 1.67. The van der Waals surface area contributed by atoms with Crippen LogP contribution in [0.2, 0.25) is 0 Å². The van der Waals surface area contributed by atoms with Crippen LogP contribution < -0.4 is 0 Å². The molecule has 0 heterocycles. The van der Waals surface area contributed by atoms with E-state index in [9.17, 15) is 9.59 Å². The maximum absolute atomic E-state index is 11.6. The third-order valence-electron chi connectivity index (χ3n) is 2.94. The Morgan fingerprint density at radius 3 is 1.52 bits per heavy atom. The Morgan fingerprint density at radius 1 is 0.913 bits per heavy atom. The molecule has 0 aliphatic heterocycles. The predicted molar refractivity (Wildman–Crippen MR) is 86.4 cm³/mol. The zero-order valence-corrected chi connectivity index (χ0v) is 14.5. The molecular weight excluding hydrogens is 300 g/mol. The average molecular weight is 328 g/mol. The van der Waals surface area contributed by atoms with Gasteiger partial charge in [-0.05, 0) is 26.7 Å². The zero-order chi connectivity index (χ0) is 17.9. The number of carbonyl (C=O) groups is 2. The van der Waals surface area contributed by atoms with E-state index < -0.39 is 29.9 Å². The van der Waals surface area contributed by atoms with Crippen LogP contribution in [0, 0.1) is 5.41 Å². The summed E-state index contributed by atoms with van der Waals surface area (Å²) in [5, 5.41) is 0. The van der Waals surface area contributed by atoms with Crippen LogP contribution in [0.5, 0.6) is 0 Å². The Morgan fingerprint density at radius 2 is 1.26 bits per heavy atom.